The minimum Gasteiger partial charge on any atom is -0.472 e. The summed E-state index contributed by atoms with van der Waals surface area (Å²) in [5.41, 5.74) is -0.554. The molecular weight excluding hydrogens is 463 g/mol. The summed E-state index contributed by atoms with van der Waals surface area (Å²) in [4.78, 5) is 26.3. The largest absolute Gasteiger partial charge is 0.472 e. The number of nitrogens with zero attached hydrogens (tertiary/aromatic N) is 4. The Kier molecular flexibility index (Phi) is 5.37. The molecule has 184 valence electrons. The summed E-state index contributed by atoms with van der Waals surface area (Å²) in [7, 11) is 0. The fraction of sp³-hybridized carbons (Fsp3) is 0.625. The second-order valence-corrected chi connectivity index (χ2v) is 11.1. The third-order valence-corrected chi connectivity index (χ3v) is 7.30. The van der Waals surface area contributed by atoms with Crippen molar-refractivity contribution in [2.75, 3.05) is 18.1 Å². The van der Waals surface area contributed by atoms with E-state index < -0.39 is 17.0 Å². The van der Waals surface area contributed by atoms with Gasteiger partial charge in [0.15, 0.2) is 11.0 Å². The third kappa shape index (κ3) is 3.55. The Morgan fingerprint density at radius 3 is 2.82 bits per heavy atom. The number of pyridine rings is 2. The van der Waals surface area contributed by atoms with E-state index >= 15 is 4.39 Å². The molecule has 4 atom stereocenters. The average Bonchev–Trinajstić information content (AvgIpc) is 2.91. The van der Waals surface area contributed by atoms with Crippen LogP contribution < -0.4 is 9.64 Å². The maximum absolute atomic E-state index is 15.1. The molecule has 3 aliphatic heterocycles. The molecule has 0 aromatic carbocycles. The van der Waals surface area contributed by atoms with E-state index in [4.69, 9.17) is 26.1 Å². The third-order valence-electron chi connectivity index (χ3n) is 7.05. The lowest BCUT2D eigenvalue weighted by Crippen LogP contribution is -2.69. The van der Waals surface area contributed by atoms with E-state index in [2.05, 4.69) is 16.8 Å². The van der Waals surface area contributed by atoms with Crippen molar-refractivity contribution < 1.29 is 23.8 Å². The van der Waals surface area contributed by atoms with Gasteiger partial charge in [-0.1, -0.05) is 11.6 Å². The van der Waals surface area contributed by atoms with E-state index in [-0.39, 0.29) is 53.7 Å². The number of hydrogen-bond acceptors (Lipinski definition) is 7. The predicted molar refractivity (Wildman–Crippen MR) is 126 cm³/mol. The van der Waals surface area contributed by atoms with Crippen LogP contribution in [-0.4, -0.2) is 68.5 Å². The lowest BCUT2D eigenvalue weighted by Gasteiger charge is -2.52. The highest BCUT2D eigenvalue weighted by Gasteiger charge is 2.58. The van der Waals surface area contributed by atoms with E-state index in [1.807, 2.05) is 32.6 Å². The molecule has 2 aromatic rings. The molecular formula is C24H30ClFN4O4. The van der Waals surface area contributed by atoms with Crippen LogP contribution in [0.2, 0.25) is 5.15 Å². The quantitative estimate of drug-likeness (QED) is 0.632. The van der Waals surface area contributed by atoms with Crippen molar-refractivity contribution in [1.82, 2.24) is 14.9 Å². The number of amides is 1. The van der Waals surface area contributed by atoms with E-state index in [0.29, 0.717) is 23.4 Å². The molecule has 8 nitrogen and oxygen atoms in total. The number of piperazine rings is 1. The summed E-state index contributed by atoms with van der Waals surface area (Å²) in [6.07, 6.45) is 1.13. The predicted octanol–water partition coefficient (Wildman–Crippen LogP) is 4.08. The molecule has 5 rings (SSSR count). The van der Waals surface area contributed by atoms with Gasteiger partial charge < -0.3 is 19.5 Å². The molecule has 0 saturated carbocycles. The van der Waals surface area contributed by atoms with Gasteiger partial charge in [0.1, 0.15) is 17.5 Å². The lowest BCUT2D eigenvalue weighted by molar-refractivity contribution is -0.0165. The molecule has 10 heteroatoms. The first kappa shape index (κ1) is 23.4. The molecule has 0 unspecified atom stereocenters. The highest BCUT2D eigenvalue weighted by atomic mass is 35.5. The fourth-order valence-corrected chi connectivity index (χ4v) is 5.95. The van der Waals surface area contributed by atoms with Gasteiger partial charge in [-0.15, -0.1) is 0 Å². The number of carbonyl (C=O) groups excluding carboxylic acids is 1. The molecule has 3 aliphatic rings. The van der Waals surface area contributed by atoms with Crippen molar-refractivity contribution >= 4 is 34.3 Å². The second kappa shape index (κ2) is 7.81. The maximum Gasteiger partial charge on any atom is 0.411 e. The van der Waals surface area contributed by atoms with Crippen LogP contribution in [0.5, 0.6) is 5.88 Å². The van der Waals surface area contributed by atoms with Crippen molar-refractivity contribution in [1.29, 1.82) is 0 Å². The average molecular weight is 493 g/mol. The molecule has 2 bridgehead atoms. The summed E-state index contributed by atoms with van der Waals surface area (Å²) in [6, 6.07) is 1.17. The number of ether oxygens (including phenoxy) is 2. The first-order chi connectivity index (χ1) is 15.9. The molecule has 2 fully saturated rings. The summed E-state index contributed by atoms with van der Waals surface area (Å²) in [6.45, 7) is 9.92. The zero-order chi connectivity index (χ0) is 24.6. The zero-order valence-corrected chi connectivity index (χ0v) is 20.8. The van der Waals surface area contributed by atoms with E-state index in [9.17, 15) is 9.90 Å². The lowest BCUT2D eigenvalue weighted by atomic mass is 9.93. The first-order valence-corrected chi connectivity index (χ1v) is 12.1. The van der Waals surface area contributed by atoms with Gasteiger partial charge in [-0.25, -0.2) is 14.2 Å². The van der Waals surface area contributed by atoms with Crippen LogP contribution in [0.4, 0.5) is 15.0 Å². The Hall–Kier alpha value is -2.39. The van der Waals surface area contributed by atoms with Gasteiger partial charge in [0, 0.05) is 30.7 Å². The topological polar surface area (TPSA) is 88.0 Å². The van der Waals surface area contributed by atoms with E-state index in [1.54, 1.807) is 6.07 Å². The number of hydrogen-bond donors (Lipinski definition) is 1. The monoisotopic (exact) mass is 492 g/mol. The highest BCUT2D eigenvalue weighted by Crippen LogP contribution is 2.49. The van der Waals surface area contributed by atoms with Crippen molar-refractivity contribution in [2.24, 2.45) is 0 Å². The molecule has 0 aliphatic carbocycles. The second-order valence-electron chi connectivity index (χ2n) is 10.7. The number of aliphatic hydroxyl groups excluding tert-OH is 1. The van der Waals surface area contributed by atoms with Crippen LogP contribution >= 0.6 is 11.6 Å². The van der Waals surface area contributed by atoms with Crippen LogP contribution in [0.3, 0.4) is 0 Å². The molecule has 0 radical (unpaired) electrons. The van der Waals surface area contributed by atoms with Crippen LogP contribution in [0.1, 0.15) is 53.2 Å². The summed E-state index contributed by atoms with van der Waals surface area (Å²) >= 11 is 6.12. The molecule has 1 amide bonds. The minimum absolute atomic E-state index is 0.117. The SMILES string of the molecule is C[C@@H]1Oc2nc(Cl)c(F)c3cc(CCO)nc(c23)N2C[C@@]3(C)CC[C@@H]([C@@H]12)N3C(=O)OC(C)(C)C. The van der Waals surface area contributed by atoms with E-state index in [1.165, 1.54) is 0 Å². The summed E-state index contributed by atoms with van der Waals surface area (Å²) < 4.78 is 27.2. The minimum atomic E-state index is -0.639. The van der Waals surface area contributed by atoms with Crippen LogP contribution in [-0.2, 0) is 11.2 Å². The van der Waals surface area contributed by atoms with E-state index in [0.717, 1.165) is 12.8 Å². The van der Waals surface area contributed by atoms with Crippen LogP contribution in [0.15, 0.2) is 6.07 Å². The normalized spacial score (nSPS) is 27.9. The van der Waals surface area contributed by atoms with Crippen LogP contribution in [0.25, 0.3) is 10.8 Å². The van der Waals surface area contributed by atoms with Crippen molar-refractivity contribution in [3.05, 3.63) is 22.7 Å². The van der Waals surface area contributed by atoms with Gasteiger partial charge in [-0.3, -0.25) is 4.90 Å². The molecule has 1 N–H and O–H groups in total. The van der Waals surface area contributed by atoms with Crippen molar-refractivity contribution in [3.8, 4) is 5.88 Å². The number of anilines is 1. The number of aliphatic hydroxyl groups is 1. The Morgan fingerprint density at radius 2 is 2.15 bits per heavy atom. The van der Waals surface area contributed by atoms with Crippen LogP contribution in [0, 0.1) is 5.82 Å². The summed E-state index contributed by atoms with van der Waals surface area (Å²) in [5.74, 6) is 0.140. The highest BCUT2D eigenvalue weighted by molar-refractivity contribution is 6.30. The number of aromatic nitrogens is 2. The number of fused-ring (bicyclic) bond motifs is 5. The van der Waals surface area contributed by atoms with Gasteiger partial charge in [0.25, 0.3) is 0 Å². The van der Waals surface area contributed by atoms with Gasteiger partial charge in [-0.2, -0.15) is 4.98 Å². The standard InChI is InChI=1S/C24H30ClFN4O4/c1-12-18-15-6-8-24(5,30(15)22(32)34-23(2,3)4)11-29(18)20-16-14(10-13(27-20)7-9-31)17(26)19(25)28-21(16)33-12/h10,12,15,18,31H,6-9,11H2,1-5H3/t12-,15-,18+,24+/m0/s1. The van der Waals surface area contributed by atoms with Crippen molar-refractivity contribution in [2.45, 2.75) is 83.2 Å². The Bertz CT molecular complexity index is 1170. The van der Waals surface area contributed by atoms with Gasteiger partial charge >= 0.3 is 6.09 Å². The smallest absolute Gasteiger partial charge is 0.411 e. The van der Waals surface area contributed by atoms with Crippen molar-refractivity contribution in [3.63, 3.8) is 0 Å². The fourth-order valence-electron chi connectivity index (χ4n) is 5.77. The Balaban J connectivity index is 1.67. The van der Waals surface area contributed by atoms with Gasteiger partial charge in [0.05, 0.1) is 23.0 Å². The Labute approximate surface area is 203 Å². The van der Waals surface area contributed by atoms with Gasteiger partial charge in [-0.05, 0) is 53.5 Å². The molecule has 0 spiro atoms. The maximum atomic E-state index is 15.1. The number of carbonyl (C=O) groups is 1. The molecule has 2 aromatic heterocycles. The zero-order valence-electron chi connectivity index (χ0n) is 20.1. The molecule has 5 heterocycles. The Morgan fingerprint density at radius 1 is 1.41 bits per heavy atom. The molecule has 34 heavy (non-hydrogen) atoms. The molecule has 2 saturated heterocycles. The van der Waals surface area contributed by atoms with Gasteiger partial charge in [0.2, 0.25) is 5.88 Å². The first-order valence-electron chi connectivity index (χ1n) is 11.7. The number of halogens is 2. The number of rotatable bonds is 2. The summed E-state index contributed by atoms with van der Waals surface area (Å²) in [5, 5.41) is 9.99.